The SMILES string of the molecule is C=C(CO)[C@]12O[C@@H]1[C@]1(C)C(=CC2=O)[C@H](O)[C@H](O)C[C@@H]1C. The number of hydrogen-bond donors (Lipinski definition) is 3. The van der Waals surface area contributed by atoms with Gasteiger partial charge in [0.15, 0.2) is 11.4 Å². The molecule has 1 saturated carbocycles. The second kappa shape index (κ2) is 4.01. The minimum absolute atomic E-state index is 0.0543. The highest BCUT2D eigenvalue weighted by atomic mass is 16.6. The van der Waals surface area contributed by atoms with Gasteiger partial charge in [0.05, 0.1) is 12.7 Å². The summed E-state index contributed by atoms with van der Waals surface area (Å²) in [6.07, 6.45) is -0.480. The van der Waals surface area contributed by atoms with Crippen LogP contribution in [-0.2, 0) is 9.53 Å². The molecule has 2 fully saturated rings. The maximum absolute atomic E-state index is 12.3. The van der Waals surface area contributed by atoms with E-state index >= 15 is 0 Å². The first-order valence-electron chi connectivity index (χ1n) is 6.89. The van der Waals surface area contributed by atoms with E-state index in [2.05, 4.69) is 6.58 Å². The lowest BCUT2D eigenvalue weighted by molar-refractivity contribution is -0.119. The average molecular weight is 280 g/mol. The van der Waals surface area contributed by atoms with Gasteiger partial charge in [-0.1, -0.05) is 20.4 Å². The van der Waals surface area contributed by atoms with Crippen molar-refractivity contribution in [1.82, 2.24) is 0 Å². The fraction of sp³-hybridized carbons (Fsp3) is 0.667. The minimum atomic E-state index is -1.14. The normalized spacial score (nSPS) is 50.0. The maximum atomic E-state index is 12.3. The number of hydrogen-bond acceptors (Lipinski definition) is 5. The summed E-state index contributed by atoms with van der Waals surface area (Å²) in [7, 11) is 0. The predicted octanol–water partition coefficient (Wildman–Crippen LogP) is -0.0505. The minimum Gasteiger partial charge on any atom is -0.392 e. The molecule has 1 heterocycles. The van der Waals surface area contributed by atoms with Crippen LogP contribution in [0.4, 0.5) is 0 Å². The van der Waals surface area contributed by atoms with Crippen LogP contribution in [0.3, 0.4) is 0 Å². The highest BCUT2D eigenvalue weighted by Gasteiger charge is 2.74. The summed E-state index contributed by atoms with van der Waals surface area (Å²) in [6, 6.07) is 0. The second-order valence-electron chi connectivity index (χ2n) is 6.39. The lowest BCUT2D eigenvalue weighted by atomic mass is 9.56. The molecule has 3 rings (SSSR count). The van der Waals surface area contributed by atoms with Gasteiger partial charge in [-0.3, -0.25) is 4.79 Å². The largest absolute Gasteiger partial charge is 0.392 e. The Morgan fingerprint density at radius 3 is 2.80 bits per heavy atom. The van der Waals surface area contributed by atoms with E-state index in [-0.39, 0.29) is 18.3 Å². The molecule has 110 valence electrons. The van der Waals surface area contributed by atoms with Gasteiger partial charge in [0.1, 0.15) is 12.2 Å². The van der Waals surface area contributed by atoms with E-state index in [0.29, 0.717) is 17.6 Å². The molecule has 3 aliphatic rings. The number of aliphatic hydroxyl groups excluding tert-OH is 3. The van der Waals surface area contributed by atoms with Crippen molar-refractivity contribution >= 4 is 5.78 Å². The Morgan fingerprint density at radius 2 is 2.20 bits per heavy atom. The van der Waals surface area contributed by atoms with Crippen molar-refractivity contribution in [3.63, 3.8) is 0 Å². The summed E-state index contributed by atoms with van der Waals surface area (Å²) >= 11 is 0. The van der Waals surface area contributed by atoms with Crippen molar-refractivity contribution in [2.75, 3.05) is 6.61 Å². The zero-order valence-electron chi connectivity index (χ0n) is 11.7. The molecule has 0 radical (unpaired) electrons. The molecular weight excluding hydrogens is 260 g/mol. The van der Waals surface area contributed by atoms with Crippen LogP contribution >= 0.6 is 0 Å². The molecule has 0 bridgehead atoms. The Bertz CT molecular complexity index is 524. The summed E-state index contributed by atoms with van der Waals surface area (Å²) < 4.78 is 5.70. The van der Waals surface area contributed by atoms with Crippen molar-refractivity contribution in [3.8, 4) is 0 Å². The lowest BCUT2D eigenvalue weighted by Gasteiger charge is -2.47. The third-order valence-corrected chi connectivity index (χ3v) is 5.45. The van der Waals surface area contributed by atoms with Gasteiger partial charge in [0.25, 0.3) is 0 Å². The highest BCUT2D eigenvalue weighted by Crippen LogP contribution is 2.63. The van der Waals surface area contributed by atoms with E-state index in [1.54, 1.807) is 0 Å². The number of epoxide rings is 1. The molecule has 2 aliphatic carbocycles. The van der Waals surface area contributed by atoms with E-state index < -0.39 is 29.3 Å². The summed E-state index contributed by atoms with van der Waals surface area (Å²) in [6.45, 7) is 7.37. The average Bonchev–Trinajstić information content (AvgIpc) is 3.17. The van der Waals surface area contributed by atoms with Crippen molar-refractivity contribution < 1.29 is 24.9 Å². The van der Waals surface area contributed by atoms with Crippen molar-refractivity contribution in [1.29, 1.82) is 0 Å². The summed E-state index contributed by atoms with van der Waals surface area (Å²) in [5, 5.41) is 29.4. The second-order valence-corrected chi connectivity index (χ2v) is 6.39. The molecule has 0 aromatic carbocycles. The smallest absolute Gasteiger partial charge is 0.194 e. The zero-order chi connectivity index (χ0) is 14.9. The van der Waals surface area contributed by atoms with Gasteiger partial charge in [0.2, 0.25) is 0 Å². The topological polar surface area (TPSA) is 90.3 Å². The zero-order valence-corrected chi connectivity index (χ0v) is 11.7. The molecule has 5 nitrogen and oxygen atoms in total. The lowest BCUT2D eigenvalue weighted by Crippen LogP contribution is -2.54. The van der Waals surface area contributed by atoms with Crippen LogP contribution in [-0.4, -0.2) is 51.6 Å². The number of carbonyl (C=O) groups is 1. The van der Waals surface area contributed by atoms with Gasteiger partial charge in [-0.2, -0.15) is 0 Å². The van der Waals surface area contributed by atoms with Gasteiger partial charge in [-0.05, 0) is 29.6 Å². The van der Waals surface area contributed by atoms with Crippen LogP contribution in [0.25, 0.3) is 0 Å². The number of ketones is 1. The van der Waals surface area contributed by atoms with Crippen molar-refractivity contribution in [2.45, 2.75) is 44.2 Å². The van der Waals surface area contributed by atoms with Gasteiger partial charge in [-0.15, -0.1) is 0 Å². The summed E-state index contributed by atoms with van der Waals surface area (Å²) in [4.78, 5) is 12.3. The van der Waals surface area contributed by atoms with Crippen LogP contribution < -0.4 is 0 Å². The predicted molar refractivity (Wildman–Crippen MR) is 70.8 cm³/mol. The van der Waals surface area contributed by atoms with E-state index in [1.165, 1.54) is 6.08 Å². The van der Waals surface area contributed by atoms with Gasteiger partial charge < -0.3 is 20.1 Å². The standard InChI is InChI=1S/C15H20O5/c1-7-4-10(17)12(19)9-5-11(18)15(8(2)6-16)13(20-15)14(7,9)3/h5,7,10,12-13,16-17,19H,2,4,6H2,1,3H3/t7-,10+,12-,13+,14-,15+/m0/s1. The first kappa shape index (κ1) is 13.9. The van der Waals surface area contributed by atoms with Crippen molar-refractivity contribution in [2.24, 2.45) is 11.3 Å². The van der Waals surface area contributed by atoms with E-state index in [1.807, 2.05) is 13.8 Å². The quantitative estimate of drug-likeness (QED) is 0.487. The molecular formula is C15H20O5. The van der Waals surface area contributed by atoms with E-state index in [4.69, 9.17) is 4.74 Å². The molecule has 0 amide bonds. The molecule has 6 atom stereocenters. The van der Waals surface area contributed by atoms with Crippen LogP contribution in [0, 0.1) is 11.3 Å². The Balaban J connectivity index is 2.10. The Labute approximate surface area is 117 Å². The summed E-state index contributed by atoms with van der Waals surface area (Å²) in [5.74, 6) is -0.243. The number of carbonyl (C=O) groups excluding carboxylic acids is 1. The first-order valence-corrected chi connectivity index (χ1v) is 6.89. The first-order chi connectivity index (χ1) is 9.30. The number of ether oxygens (including phenoxy) is 1. The molecule has 1 aliphatic heterocycles. The molecule has 0 aromatic rings. The molecule has 0 aromatic heterocycles. The molecule has 5 heteroatoms. The third-order valence-electron chi connectivity index (χ3n) is 5.45. The molecule has 3 N–H and O–H groups in total. The monoisotopic (exact) mass is 280 g/mol. The molecule has 20 heavy (non-hydrogen) atoms. The molecule has 0 unspecified atom stereocenters. The third kappa shape index (κ3) is 1.39. The van der Waals surface area contributed by atoms with Gasteiger partial charge >= 0.3 is 0 Å². The van der Waals surface area contributed by atoms with Gasteiger partial charge in [0, 0.05) is 5.41 Å². The number of aliphatic hydroxyl groups is 3. The van der Waals surface area contributed by atoms with Gasteiger partial charge in [-0.25, -0.2) is 0 Å². The fourth-order valence-electron chi connectivity index (χ4n) is 3.89. The van der Waals surface area contributed by atoms with Crippen LogP contribution in [0.2, 0.25) is 0 Å². The molecule has 1 saturated heterocycles. The van der Waals surface area contributed by atoms with Crippen molar-refractivity contribution in [3.05, 3.63) is 23.8 Å². The summed E-state index contributed by atoms with van der Waals surface area (Å²) in [5.41, 5.74) is -0.761. The fourth-order valence-corrected chi connectivity index (χ4v) is 3.89. The van der Waals surface area contributed by atoms with Crippen LogP contribution in [0.15, 0.2) is 23.8 Å². The van der Waals surface area contributed by atoms with E-state index in [9.17, 15) is 20.1 Å². The number of fused-ring (bicyclic) bond motifs is 3. The van der Waals surface area contributed by atoms with Crippen LogP contribution in [0.1, 0.15) is 20.3 Å². The van der Waals surface area contributed by atoms with Crippen LogP contribution in [0.5, 0.6) is 0 Å². The highest BCUT2D eigenvalue weighted by molar-refractivity contribution is 6.05. The maximum Gasteiger partial charge on any atom is 0.194 e. The Morgan fingerprint density at radius 1 is 1.55 bits per heavy atom. The Kier molecular flexibility index (Phi) is 2.80. The Hall–Kier alpha value is -1.01. The number of rotatable bonds is 2. The van der Waals surface area contributed by atoms with E-state index in [0.717, 1.165) is 0 Å². The molecule has 0 spiro atoms.